The SMILES string of the molecule is Cc1ccc(S(=O)(=O)Oc2cc(N=Nc3ccc(N(C)C)cc3)ccc2Br)cc1. The van der Waals surface area contributed by atoms with E-state index < -0.39 is 10.1 Å². The van der Waals surface area contributed by atoms with Crippen molar-refractivity contribution in [3.8, 4) is 5.75 Å². The summed E-state index contributed by atoms with van der Waals surface area (Å²) in [6, 6.07) is 19.0. The zero-order valence-electron chi connectivity index (χ0n) is 16.2. The minimum Gasteiger partial charge on any atom is -0.378 e. The molecule has 6 nitrogen and oxygen atoms in total. The smallest absolute Gasteiger partial charge is 0.339 e. The lowest BCUT2D eigenvalue weighted by Crippen LogP contribution is -2.10. The molecule has 3 aromatic rings. The molecule has 0 unspecified atom stereocenters. The second kappa shape index (κ2) is 8.75. The van der Waals surface area contributed by atoms with Crippen LogP contribution in [0.25, 0.3) is 0 Å². The van der Waals surface area contributed by atoms with E-state index in [1.165, 1.54) is 18.2 Å². The van der Waals surface area contributed by atoms with Crippen LogP contribution in [-0.2, 0) is 10.1 Å². The maximum Gasteiger partial charge on any atom is 0.339 e. The van der Waals surface area contributed by atoms with Crippen molar-refractivity contribution in [3.63, 3.8) is 0 Å². The molecule has 0 fully saturated rings. The molecule has 0 atom stereocenters. The van der Waals surface area contributed by atoms with Crippen LogP contribution in [0, 0.1) is 6.92 Å². The molecule has 0 amide bonds. The fourth-order valence-corrected chi connectivity index (χ4v) is 3.80. The zero-order valence-corrected chi connectivity index (χ0v) is 18.6. The van der Waals surface area contributed by atoms with E-state index >= 15 is 0 Å². The summed E-state index contributed by atoms with van der Waals surface area (Å²) in [5, 5.41) is 8.38. The van der Waals surface area contributed by atoms with Gasteiger partial charge in [-0.15, -0.1) is 0 Å². The number of azo groups is 1. The first-order valence-electron chi connectivity index (χ1n) is 8.74. The average Bonchev–Trinajstić information content (AvgIpc) is 2.69. The van der Waals surface area contributed by atoms with Crippen LogP contribution in [0.2, 0.25) is 0 Å². The van der Waals surface area contributed by atoms with Crippen LogP contribution in [-0.4, -0.2) is 22.5 Å². The van der Waals surface area contributed by atoms with Crippen LogP contribution in [0.1, 0.15) is 5.56 Å². The normalized spacial score (nSPS) is 11.6. The monoisotopic (exact) mass is 473 g/mol. The van der Waals surface area contributed by atoms with E-state index in [9.17, 15) is 8.42 Å². The lowest BCUT2D eigenvalue weighted by Gasteiger charge is -2.11. The number of rotatable bonds is 6. The van der Waals surface area contributed by atoms with E-state index in [0.29, 0.717) is 15.8 Å². The minimum absolute atomic E-state index is 0.0861. The summed E-state index contributed by atoms with van der Waals surface area (Å²) in [7, 11) is -0.0306. The van der Waals surface area contributed by atoms with E-state index in [-0.39, 0.29) is 10.6 Å². The summed E-state index contributed by atoms with van der Waals surface area (Å²) < 4.78 is 30.9. The van der Waals surface area contributed by atoms with E-state index in [1.54, 1.807) is 24.3 Å². The number of nitrogens with zero attached hydrogens (tertiary/aromatic N) is 3. The molecule has 0 bridgehead atoms. The first kappa shape index (κ1) is 21.0. The summed E-state index contributed by atoms with van der Waals surface area (Å²) in [4.78, 5) is 2.08. The second-order valence-electron chi connectivity index (χ2n) is 6.58. The zero-order chi connectivity index (χ0) is 21.0. The topological polar surface area (TPSA) is 71.3 Å². The fraction of sp³-hybridized carbons (Fsp3) is 0.143. The molecule has 0 aliphatic carbocycles. The van der Waals surface area contributed by atoms with Gasteiger partial charge in [0.2, 0.25) is 0 Å². The third-order valence-electron chi connectivity index (χ3n) is 4.07. The summed E-state index contributed by atoms with van der Waals surface area (Å²) in [6.07, 6.45) is 0. The van der Waals surface area contributed by atoms with E-state index in [0.717, 1.165) is 11.3 Å². The van der Waals surface area contributed by atoms with Gasteiger partial charge in [-0.1, -0.05) is 17.7 Å². The van der Waals surface area contributed by atoms with Crippen molar-refractivity contribution in [2.75, 3.05) is 19.0 Å². The molecule has 150 valence electrons. The Balaban J connectivity index is 1.81. The van der Waals surface area contributed by atoms with Crippen molar-refractivity contribution in [2.45, 2.75) is 11.8 Å². The van der Waals surface area contributed by atoms with Crippen LogP contribution in [0.5, 0.6) is 5.75 Å². The molecule has 8 heteroatoms. The van der Waals surface area contributed by atoms with Crippen molar-refractivity contribution >= 4 is 43.1 Å². The van der Waals surface area contributed by atoms with Gasteiger partial charge in [0.05, 0.1) is 15.8 Å². The highest BCUT2D eigenvalue weighted by Gasteiger charge is 2.18. The molecule has 0 radical (unpaired) electrons. The number of benzene rings is 3. The van der Waals surface area contributed by atoms with Crippen molar-refractivity contribution in [2.24, 2.45) is 10.2 Å². The van der Waals surface area contributed by atoms with Gasteiger partial charge in [0.1, 0.15) is 4.90 Å². The Hall–Kier alpha value is -2.71. The van der Waals surface area contributed by atoms with Crippen molar-refractivity contribution in [3.05, 3.63) is 76.8 Å². The molecule has 3 rings (SSSR count). The molecule has 0 heterocycles. The predicted molar refractivity (Wildman–Crippen MR) is 118 cm³/mol. The average molecular weight is 474 g/mol. The summed E-state index contributed by atoms with van der Waals surface area (Å²) in [6.45, 7) is 1.89. The van der Waals surface area contributed by atoms with Crippen molar-refractivity contribution < 1.29 is 12.6 Å². The quantitative estimate of drug-likeness (QED) is 0.324. The molecule has 3 aromatic carbocycles. The van der Waals surface area contributed by atoms with Gasteiger partial charge in [-0.05, 0) is 71.4 Å². The van der Waals surface area contributed by atoms with Gasteiger partial charge < -0.3 is 9.08 Å². The lowest BCUT2D eigenvalue weighted by molar-refractivity contribution is 0.484. The Bertz CT molecular complexity index is 1130. The Kier molecular flexibility index (Phi) is 6.34. The Morgan fingerprint density at radius 3 is 2.07 bits per heavy atom. The van der Waals surface area contributed by atoms with Crippen LogP contribution >= 0.6 is 15.9 Å². The fourth-order valence-electron chi connectivity index (χ4n) is 2.42. The maximum atomic E-state index is 12.5. The maximum absolute atomic E-state index is 12.5. The van der Waals surface area contributed by atoms with Gasteiger partial charge in [-0.3, -0.25) is 0 Å². The van der Waals surface area contributed by atoms with Crippen LogP contribution < -0.4 is 9.08 Å². The molecule has 29 heavy (non-hydrogen) atoms. The van der Waals surface area contributed by atoms with Gasteiger partial charge in [0, 0.05) is 25.8 Å². The van der Waals surface area contributed by atoms with E-state index in [4.69, 9.17) is 4.18 Å². The highest BCUT2D eigenvalue weighted by molar-refractivity contribution is 9.10. The number of aryl methyl sites for hydroxylation is 1. The summed E-state index contributed by atoms with van der Waals surface area (Å²) >= 11 is 3.32. The first-order chi connectivity index (χ1) is 13.7. The first-order valence-corrected chi connectivity index (χ1v) is 10.9. The van der Waals surface area contributed by atoms with Crippen LogP contribution in [0.15, 0.2) is 86.3 Å². The number of halogens is 1. The van der Waals surface area contributed by atoms with Gasteiger partial charge >= 0.3 is 10.1 Å². The van der Waals surface area contributed by atoms with Gasteiger partial charge in [-0.25, -0.2) is 0 Å². The third-order valence-corrected chi connectivity index (χ3v) is 5.97. The number of anilines is 1. The Morgan fingerprint density at radius 1 is 0.862 bits per heavy atom. The molecule has 0 aliphatic heterocycles. The van der Waals surface area contributed by atoms with Gasteiger partial charge in [-0.2, -0.15) is 18.6 Å². The molecule has 0 saturated carbocycles. The highest BCUT2D eigenvalue weighted by Crippen LogP contribution is 2.32. The van der Waals surface area contributed by atoms with Gasteiger partial charge in [0.15, 0.2) is 5.75 Å². The van der Waals surface area contributed by atoms with Crippen LogP contribution in [0.3, 0.4) is 0 Å². The second-order valence-corrected chi connectivity index (χ2v) is 8.98. The van der Waals surface area contributed by atoms with E-state index in [1.807, 2.05) is 50.2 Å². The summed E-state index contributed by atoms with van der Waals surface area (Å²) in [5.41, 5.74) is 3.18. The van der Waals surface area contributed by atoms with Gasteiger partial charge in [0.25, 0.3) is 0 Å². The Morgan fingerprint density at radius 2 is 1.45 bits per heavy atom. The third kappa shape index (κ3) is 5.42. The van der Waals surface area contributed by atoms with Crippen molar-refractivity contribution in [1.82, 2.24) is 0 Å². The number of hydrogen-bond donors (Lipinski definition) is 0. The predicted octanol–water partition coefficient (Wildman–Crippen LogP) is 6.01. The largest absolute Gasteiger partial charge is 0.378 e. The highest BCUT2D eigenvalue weighted by atomic mass is 79.9. The van der Waals surface area contributed by atoms with Crippen LogP contribution in [0.4, 0.5) is 17.1 Å². The number of hydrogen-bond acceptors (Lipinski definition) is 6. The lowest BCUT2D eigenvalue weighted by atomic mass is 10.2. The minimum atomic E-state index is -3.96. The molecule has 0 aromatic heterocycles. The van der Waals surface area contributed by atoms with Crippen molar-refractivity contribution in [1.29, 1.82) is 0 Å². The summed E-state index contributed by atoms with van der Waals surface area (Å²) in [5.74, 6) is 0.144. The molecule has 0 aliphatic rings. The molecule has 0 N–H and O–H groups in total. The molecular formula is C21H20BrN3O3S. The molecule has 0 saturated heterocycles. The molecular weight excluding hydrogens is 454 g/mol. The standard InChI is InChI=1S/C21H20BrN3O3S/c1-15-4-11-19(12-5-15)29(26,27)28-21-14-17(8-13-20(21)22)24-23-16-6-9-18(10-7-16)25(2)3/h4-14H,1-3H3. The Labute approximate surface area is 179 Å². The molecule has 0 spiro atoms. The van der Waals surface area contributed by atoms with E-state index in [2.05, 4.69) is 26.2 Å².